The molecule has 162 valence electrons. The number of morpholine rings is 1. The fourth-order valence-corrected chi connectivity index (χ4v) is 3.71. The van der Waals surface area contributed by atoms with Crippen molar-refractivity contribution in [1.82, 2.24) is 10.2 Å². The van der Waals surface area contributed by atoms with Crippen LogP contribution in [0.5, 0.6) is 5.75 Å². The van der Waals surface area contributed by atoms with Gasteiger partial charge in [-0.2, -0.15) is 0 Å². The van der Waals surface area contributed by atoms with Crippen LogP contribution in [0.15, 0.2) is 48.5 Å². The molecule has 30 heavy (non-hydrogen) atoms. The molecule has 0 spiro atoms. The number of halogens is 1. The molecule has 0 radical (unpaired) electrons. The number of para-hydroxylation sites is 1. The molecule has 1 saturated heterocycles. The van der Waals surface area contributed by atoms with Crippen molar-refractivity contribution in [3.8, 4) is 5.75 Å². The Kier molecular flexibility index (Phi) is 7.75. The Morgan fingerprint density at radius 2 is 1.80 bits per heavy atom. The highest BCUT2D eigenvalue weighted by molar-refractivity contribution is 6.32. The normalized spacial score (nSPS) is 16.1. The first kappa shape index (κ1) is 22.6. The summed E-state index contributed by atoms with van der Waals surface area (Å²) in [6, 6.07) is 16.0. The molecule has 1 aliphatic rings. The number of nitrogens with one attached hydrogen (secondary N) is 1. The third-order valence-corrected chi connectivity index (χ3v) is 5.65. The number of carbonyl (C=O) groups is 1. The van der Waals surface area contributed by atoms with Crippen LogP contribution in [-0.4, -0.2) is 50.3 Å². The van der Waals surface area contributed by atoms with Crippen LogP contribution in [-0.2, 0) is 14.9 Å². The van der Waals surface area contributed by atoms with Crippen molar-refractivity contribution in [2.24, 2.45) is 0 Å². The average molecular weight is 431 g/mol. The van der Waals surface area contributed by atoms with Gasteiger partial charge in [-0.25, -0.2) is 0 Å². The van der Waals surface area contributed by atoms with Gasteiger partial charge in [0.05, 0.1) is 24.3 Å². The molecule has 1 atom stereocenters. The van der Waals surface area contributed by atoms with Crippen molar-refractivity contribution in [2.45, 2.75) is 32.2 Å². The second kappa shape index (κ2) is 10.3. The number of ether oxygens (including phenoxy) is 2. The monoisotopic (exact) mass is 430 g/mol. The summed E-state index contributed by atoms with van der Waals surface area (Å²) >= 11 is 6.09. The van der Waals surface area contributed by atoms with E-state index in [1.165, 1.54) is 11.1 Å². The third kappa shape index (κ3) is 6.21. The lowest BCUT2D eigenvalue weighted by Gasteiger charge is -2.35. The summed E-state index contributed by atoms with van der Waals surface area (Å²) in [6.07, 6.45) is 0. The van der Waals surface area contributed by atoms with E-state index in [9.17, 15) is 4.79 Å². The zero-order valence-corrected chi connectivity index (χ0v) is 18.7. The molecular formula is C24H31ClN2O3. The summed E-state index contributed by atoms with van der Waals surface area (Å²) in [4.78, 5) is 14.8. The summed E-state index contributed by atoms with van der Waals surface area (Å²) in [5.41, 5.74) is 2.60. The molecular weight excluding hydrogens is 400 g/mol. The van der Waals surface area contributed by atoms with E-state index >= 15 is 0 Å². The fraction of sp³-hybridized carbons (Fsp3) is 0.458. The lowest BCUT2D eigenvalue weighted by atomic mass is 9.86. The first-order valence-corrected chi connectivity index (χ1v) is 10.8. The molecule has 0 unspecified atom stereocenters. The van der Waals surface area contributed by atoms with Gasteiger partial charge in [0.2, 0.25) is 0 Å². The number of carbonyl (C=O) groups excluding carboxylic acids is 1. The Morgan fingerprint density at radius 1 is 1.13 bits per heavy atom. The molecule has 1 amide bonds. The van der Waals surface area contributed by atoms with Crippen molar-refractivity contribution >= 4 is 17.5 Å². The van der Waals surface area contributed by atoms with Gasteiger partial charge in [-0.1, -0.05) is 68.8 Å². The highest BCUT2D eigenvalue weighted by Gasteiger charge is 2.24. The maximum absolute atomic E-state index is 12.4. The molecule has 2 aromatic rings. The summed E-state index contributed by atoms with van der Waals surface area (Å²) in [7, 11) is 0. The Labute approximate surface area is 184 Å². The molecule has 1 heterocycles. The number of benzene rings is 2. The molecule has 0 bridgehead atoms. The van der Waals surface area contributed by atoms with E-state index in [-0.39, 0.29) is 24.0 Å². The van der Waals surface area contributed by atoms with Crippen LogP contribution in [0.1, 0.15) is 37.9 Å². The lowest BCUT2D eigenvalue weighted by Crippen LogP contribution is -2.44. The maximum atomic E-state index is 12.4. The van der Waals surface area contributed by atoms with E-state index < -0.39 is 0 Å². The molecule has 3 rings (SSSR count). The molecule has 0 aliphatic carbocycles. The second-order valence-electron chi connectivity index (χ2n) is 8.56. The van der Waals surface area contributed by atoms with Crippen LogP contribution in [0.4, 0.5) is 0 Å². The van der Waals surface area contributed by atoms with Crippen LogP contribution >= 0.6 is 11.6 Å². The summed E-state index contributed by atoms with van der Waals surface area (Å²) in [6.45, 7) is 10.2. The summed E-state index contributed by atoms with van der Waals surface area (Å²) < 4.78 is 11.1. The molecule has 1 N–H and O–H groups in total. The Hall–Kier alpha value is -2.08. The number of rotatable bonds is 7. The Bertz CT molecular complexity index is 827. The average Bonchev–Trinajstić information content (AvgIpc) is 2.74. The van der Waals surface area contributed by atoms with Gasteiger partial charge >= 0.3 is 0 Å². The summed E-state index contributed by atoms with van der Waals surface area (Å²) in [5.74, 6) is 0.344. The standard InChI is InChI=1S/C24H31ClN2O3/c1-24(2,3)19-10-8-18(9-11-19)21(27-12-14-29-15-13-27)16-26-23(28)17-30-22-7-5-4-6-20(22)25/h4-11,21H,12-17H2,1-3H3,(H,26,28)/t21-/m1/s1. The third-order valence-electron chi connectivity index (χ3n) is 5.34. The minimum atomic E-state index is -0.167. The molecule has 5 nitrogen and oxygen atoms in total. The van der Waals surface area contributed by atoms with Crippen molar-refractivity contribution in [2.75, 3.05) is 39.5 Å². The van der Waals surface area contributed by atoms with Gasteiger partial charge in [0.25, 0.3) is 5.91 Å². The Balaban J connectivity index is 1.64. The first-order valence-electron chi connectivity index (χ1n) is 10.4. The molecule has 1 aliphatic heterocycles. The lowest BCUT2D eigenvalue weighted by molar-refractivity contribution is -0.123. The van der Waals surface area contributed by atoms with E-state index in [1.54, 1.807) is 12.1 Å². The maximum Gasteiger partial charge on any atom is 0.258 e. The number of nitrogens with zero attached hydrogens (tertiary/aromatic N) is 1. The number of hydrogen-bond acceptors (Lipinski definition) is 4. The van der Waals surface area contributed by atoms with Crippen molar-refractivity contribution in [3.05, 3.63) is 64.7 Å². The van der Waals surface area contributed by atoms with Crippen LogP contribution < -0.4 is 10.1 Å². The Morgan fingerprint density at radius 3 is 2.43 bits per heavy atom. The van der Waals surface area contributed by atoms with E-state index in [4.69, 9.17) is 21.1 Å². The highest BCUT2D eigenvalue weighted by atomic mass is 35.5. The molecule has 0 aromatic heterocycles. The minimum Gasteiger partial charge on any atom is -0.482 e. The number of amides is 1. The van der Waals surface area contributed by atoms with E-state index in [2.05, 4.69) is 55.3 Å². The van der Waals surface area contributed by atoms with E-state index in [0.717, 1.165) is 13.1 Å². The molecule has 6 heteroatoms. The predicted molar refractivity (Wildman–Crippen MR) is 120 cm³/mol. The highest BCUT2D eigenvalue weighted by Crippen LogP contribution is 2.27. The molecule has 2 aromatic carbocycles. The minimum absolute atomic E-state index is 0.0669. The fourth-order valence-electron chi connectivity index (χ4n) is 3.52. The smallest absolute Gasteiger partial charge is 0.258 e. The second-order valence-corrected chi connectivity index (χ2v) is 8.97. The van der Waals surface area contributed by atoms with Crippen LogP contribution in [0, 0.1) is 0 Å². The van der Waals surface area contributed by atoms with Crippen molar-refractivity contribution in [3.63, 3.8) is 0 Å². The van der Waals surface area contributed by atoms with Crippen LogP contribution in [0.2, 0.25) is 5.02 Å². The zero-order chi connectivity index (χ0) is 21.6. The largest absolute Gasteiger partial charge is 0.482 e. The van der Waals surface area contributed by atoms with Gasteiger partial charge in [-0.3, -0.25) is 9.69 Å². The molecule has 0 saturated carbocycles. The van der Waals surface area contributed by atoms with Gasteiger partial charge in [0.1, 0.15) is 5.75 Å². The van der Waals surface area contributed by atoms with Crippen LogP contribution in [0.3, 0.4) is 0 Å². The number of hydrogen-bond donors (Lipinski definition) is 1. The predicted octanol–water partition coefficient (Wildman–Crippen LogP) is 4.21. The van der Waals surface area contributed by atoms with Gasteiger partial charge < -0.3 is 14.8 Å². The van der Waals surface area contributed by atoms with E-state index in [1.807, 2.05) is 12.1 Å². The van der Waals surface area contributed by atoms with Crippen LogP contribution in [0.25, 0.3) is 0 Å². The van der Waals surface area contributed by atoms with Gasteiger partial charge in [-0.15, -0.1) is 0 Å². The first-order chi connectivity index (χ1) is 14.3. The topological polar surface area (TPSA) is 50.8 Å². The molecule has 1 fully saturated rings. The van der Waals surface area contributed by atoms with E-state index in [0.29, 0.717) is 30.5 Å². The SMILES string of the molecule is CC(C)(C)c1ccc([C@@H](CNC(=O)COc2ccccc2Cl)N2CCOCC2)cc1. The zero-order valence-electron chi connectivity index (χ0n) is 18.0. The quantitative estimate of drug-likeness (QED) is 0.715. The van der Waals surface area contributed by atoms with Gasteiger partial charge in [0.15, 0.2) is 6.61 Å². The van der Waals surface area contributed by atoms with Crippen molar-refractivity contribution < 1.29 is 14.3 Å². The van der Waals surface area contributed by atoms with Gasteiger partial charge in [0, 0.05) is 19.6 Å². The summed E-state index contributed by atoms with van der Waals surface area (Å²) in [5, 5.41) is 3.52. The van der Waals surface area contributed by atoms with Crippen molar-refractivity contribution in [1.29, 1.82) is 0 Å². The van der Waals surface area contributed by atoms with Gasteiger partial charge in [-0.05, 0) is 28.7 Å².